The van der Waals surface area contributed by atoms with E-state index in [9.17, 15) is 10.1 Å². The van der Waals surface area contributed by atoms with Crippen molar-refractivity contribution in [1.82, 2.24) is 0 Å². The van der Waals surface area contributed by atoms with Crippen LogP contribution >= 0.6 is 27.5 Å². The second-order valence-corrected chi connectivity index (χ2v) is 5.02. The second-order valence-electron chi connectivity index (χ2n) is 3.73. The maximum absolute atomic E-state index is 10.7. The van der Waals surface area contributed by atoms with Gasteiger partial charge in [-0.25, -0.2) is 0 Å². The highest BCUT2D eigenvalue weighted by Gasteiger charge is 2.13. The molecule has 20 heavy (non-hydrogen) atoms. The number of hydrogen-bond acceptors (Lipinski definition) is 4. The lowest BCUT2D eigenvalue weighted by atomic mass is 10.2. The van der Waals surface area contributed by atoms with Crippen molar-refractivity contribution in [1.29, 1.82) is 5.26 Å². The Kier molecular flexibility index (Phi) is 4.23. The molecule has 0 saturated carbocycles. The first-order chi connectivity index (χ1) is 9.51. The molecule has 0 amide bonds. The van der Waals surface area contributed by atoms with Crippen molar-refractivity contribution in [3.8, 4) is 17.6 Å². The van der Waals surface area contributed by atoms with Crippen LogP contribution in [0.5, 0.6) is 11.5 Å². The molecule has 0 atom stereocenters. The van der Waals surface area contributed by atoms with E-state index < -0.39 is 4.92 Å². The van der Waals surface area contributed by atoms with E-state index in [2.05, 4.69) is 15.9 Å². The van der Waals surface area contributed by atoms with E-state index in [1.165, 1.54) is 18.2 Å². The van der Waals surface area contributed by atoms with Crippen LogP contribution in [-0.4, -0.2) is 4.92 Å². The van der Waals surface area contributed by atoms with E-state index in [0.717, 1.165) is 0 Å². The third kappa shape index (κ3) is 3.07. The van der Waals surface area contributed by atoms with Crippen LogP contribution in [0.2, 0.25) is 5.02 Å². The smallest absolute Gasteiger partial charge is 0.271 e. The van der Waals surface area contributed by atoms with Crippen molar-refractivity contribution >= 4 is 33.2 Å². The molecule has 0 unspecified atom stereocenters. The molecule has 0 heterocycles. The zero-order valence-electron chi connectivity index (χ0n) is 9.84. The lowest BCUT2D eigenvalue weighted by Crippen LogP contribution is -1.93. The summed E-state index contributed by atoms with van der Waals surface area (Å²) >= 11 is 9.11. The van der Waals surface area contributed by atoms with Crippen LogP contribution in [0.4, 0.5) is 5.69 Å². The monoisotopic (exact) mass is 352 g/mol. The molecule has 2 aromatic carbocycles. The number of rotatable bonds is 3. The van der Waals surface area contributed by atoms with Gasteiger partial charge in [0.25, 0.3) is 5.69 Å². The third-order valence-electron chi connectivity index (χ3n) is 2.41. The Labute approximate surface area is 127 Å². The van der Waals surface area contributed by atoms with E-state index in [1.54, 1.807) is 18.2 Å². The highest BCUT2D eigenvalue weighted by atomic mass is 79.9. The Morgan fingerprint density at radius 3 is 2.55 bits per heavy atom. The number of nitrogens with zero attached hydrogens (tertiary/aromatic N) is 2. The van der Waals surface area contributed by atoms with Gasteiger partial charge in [-0.05, 0) is 40.2 Å². The minimum Gasteiger partial charge on any atom is -0.455 e. The van der Waals surface area contributed by atoms with E-state index in [-0.39, 0.29) is 17.0 Å². The molecular formula is C13H6BrClN2O3. The Hall–Kier alpha value is -2.10. The molecule has 100 valence electrons. The fourth-order valence-electron chi connectivity index (χ4n) is 1.48. The molecule has 0 bridgehead atoms. The molecule has 2 aromatic rings. The number of benzene rings is 2. The third-order valence-corrected chi connectivity index (χ3v) is 3.26. The van der Waals surface area contributed by atoms with Crippen LogP contribution in [0.25, 0.3) is 0 Å². The van der Waals surface area contributed by atoms with Crippen LogP contribution in [0.15, 0.2) is 40.9 Å². The summed E-state index contributed by atoms with van der Waals surface area (Å²) in [6.07, 6.45) is 0. The molecular weight excluding hydrogens is 348 g/mol. The van der Waals surface area contributed by atoms with Gasteiger partial charge in [0.15, 0.2) is 0 Å². The quantitative estimate of drug-likeness (QED) is 0.593. The van der Waals surface area contributed by atoms with Crippen LogP contribution in [-0.2, 0) is 0 Å². The van der Waals surface area contributed by atoms with Gasteiger partial charge in [0.1, 0.15) is 23.1 Å². The zero-order chi connectivity index (χ0) is 14.7. The largest absolute Gasteiger partial charge is 0.455 e. The first-order valence-corrected chi connectivity index (χ1v) is 6.50. The summed E-state index contributed by atoms with van der Waals surface area (Å²) in [5.41, 5.74) is -0.0786. The molecule has 0 N–H and O–H groups in total. The van der Waals surface area contributed by atoms with Crippen molar-refractivity contribution in [3.05, 3.63) is 61.6 Å². The van der Waals surface area contributed by atoms with E-state index in [1.807, 2.05) is 6.07 Å². The van der Waals surface area contributed by atoms with Crippen LogP contribution in [0.3, 0.4) is 0 Å². The summed E-state index contributed by atoms with van der Waals surface area (Å²) < 4.78 is 6.19. The summed E-state index contributed by atoms with van der Waals surface area (Å²) in [5.74, 6) is 0.695. The predicted molar refractivity (Wildman–Crippen MR) is 77.0 cm³/mol. The highest BCUT2D eigenvalue weighted by molar-refractivity contribution is 9.10. The van der Waals surface area contributed by atoms with Gasteiger partial charge in [-0.3, -0.25) is 10.1 Å². The average molecular weight is 354 g/mol. The molecule has 0 radical (unpaired) electrons. The Morgan fingerprint density at radius 2 is 1.95 bits per heavy atom. The number of halogens is 2. The van der Waals surface area contributed by atoms with Gasteiger partial charge in [0.2, 0.25) is 0 Å². The van der Waals surface area contributed by atoms with Crippen LogP contribution in [0.1, 0.15) is 5.56 Å². The molecule has 0 aliphatic heterocycles. The Balaban J connectivity index is 2.39. The molecule has 0 aliphatic rings. The van der Waals surface area contributed by atoms with Gasteiger partial charge in [0.05, 0.1) is 9.40 Å². The lowest BCUT2D eigenvalue weighted by molar-refractivity contribution is -0.384. The van der Waals surface area contributed by atoms with Crippen molar-refractivity contribution in [2.45, 2.75) is 0 Å². The summed E-state index contributed by atoms with van der Waals surface area (Å²) in [6, 6.07) is 10.6. The summed E-state index contributed by atoms with van der Waals surface area (Å²) in [5, 5.41) is 20.2. The fourth-order valence-corrected chi connectivity index (χ4v) is 2.25. The molecule has 5 nitrogen and oxygen atoms in total. The van der Waals surface area contributed by atoms with Gasteiger partial charge < -0.3 is 4.74 Å². The summed E-state index contributed by atoms with van der Waals surface area (Å²) in [7, 11) is 0. The van der Waals surface area contributed by atoms with Crippen molar-refractivity contribution < 1.29 is 9.66 Å². The van der Waals surface area contributed by atoms with Crippen LogP contribution in [0, 0.1) is 21.4 Å². The van der Waals surface area contributed by atoms with Crippen LogP contribution < -0.4 is 4.74 Å². The minimum absolute atomic E-state index is 0.0843. The minimum atomic E-state index is -0.567. The molecule has 2 rings (SSSR count). The average Bonchev–Trinajstić information content (AvgIpc) is 2.42. The predicted octanol–water partition coefficient (Wildman–Crippen LogP) is 4.67. The fraction of sp³-hybridized carbons (Fsp3) is 0. The number of nitro groups is 1. The SMILES string of the molecule is N#Cc1cc([N+](=O)[O-])ccc1Oc1ccc(Cl)cc1Br. The van der Waals surface area contributed by atoms with Gasteiger partial charge in [-0.2, -0.15) is 5.26 Å². The zero-order valence-corrected chi connectivity index (χ0v) is 12.2. The Morgan fingerprint density at radius 1 is 1.25 bits per heavy atom. The number of nitriles is 1. The Bertz CT molecular complexity index is 728. The van der Waals surface area contributed by atoms with Gasteiger partial charge >= 0.3 is 0 Å². The maximum Gasteiger partial charge on any atom is 0.271 e. The van der Waals surface area contributed by atoms with Crippen molar-refractivity contribution in [3.63, 3.8) is 0 Å². The molecule has 0 fully saturated rings. The second kappa shape index (κ2) is 5.90. The highest BCUT2D eigenvalue weighted by Crippen LogP contribution is 2.34. The van der Waals surface area contributed by atoms with Crippen molar-refractivity contribution in [2.24, 2.45) is 0 Å². The van der Waals surface area contributed by atoms with E-state index in [4.69, 9.17) is 21.6 Å². The molecule has 7 heteroatoms. The summed E-state index contributed by atoms with van der Waals surface area (Å²) in [6.45, 7) is 0. The van der Waals surface area contributed by atoms with Gasteiger partial charge in [-0.1, -0.05) is 11.6 Å². The maximum atomic E-state index is 10.7. The number of hydrogen-bond donors (Lipinski definition) is 0. The summed E-state index contributed by atoms with van der Waals surface area (Å²) in [4.78, 5) is 10.1. The first-order valence-electron chi connectivity index (χ1n) is 5.32. The van der Waals surface area contributed by atoms with E-state index in [0.29, 0.717) is 15.2 Å². The van der Waals surface area contributed by atoms with Crippen molar-refractivity contribution in [2.75, 3.05) is 0 Å². The molecule has 0 spiro atoms. The van der Waals surface area contributed by atoms with Gasteiger partial charge in [0, 0.05) is 17.2 Å². The molecule has 0 aromatic heterocycles. The normalized spacial score (nSPS) is 9.85. The first kappa shape index (κ1) is 14.3. The molecule has 0 aliphatic carbocycles. The topological polar surface area (TPSA) is 76.2 Å². The standard InChI is InChI=1S/C13H6BrClN2O3/c14-11-6-9(15)1-3-13(11)20-12-4-2-10(17(18)19)5-8(12)7-16/h1-6H. The lowest BCUT2D eigenvalue weighted by Gasteiger charge is -2.09. The number of ether oxygens (including phenoxy) is 1. The van der Waals surface area contributed by atoms with Gasteiger partial charge in [-0.15, -0.1) is 0 Å². The van der Waals surface area contributed by atoms with E-state index >= 15 is 0 Å². The molecule has 0 saturated heterocycles. The number of non-ortho nitro benzene ring substituents is 1. The number of nitro benzene ring substituents is 1.